The molecule has 6 rings (SSSR count). The molecule has 4 N–H and O–H groups in total. The van der Waals surface area contributed by atoms with Crippen LogP contribution in [0.1, 0.15) is 48.9 Å². The van der Waals surface area contributed by atoms with E-state index in [-0.39, 0.29) is 35.5 Å². The zero-order valence-electron chi connectivity index (χ0n) is 22.1. The van der Waals surface area contributed by atoms with Crippen molar-refractivity contribution in [3.8, 4) is 0 Å². The number of hydrogen-bond donors (Lipinski definition) is 4. The number of carbonyl (C=O) groups excluding carboxylic acids is 2. The predicted octanol–water partition coefficient (Wildman–Crippen LogP) is 5.00. The van der Waals surface area contributed by atoms with Crippen molar-refractivity contribution >= 4 is 22.6 Å². The third kappa shape index (κ3) is 3.50. The van der Waals surface area contributed by atoms with Crippen LogP contribution in [0.5, 0.6) is 0 Å². The van der Waals surface area contributed by atoms with Crippen molar-refractivity contribution in [2.75, 3.05) is 0 Å². The fraction of sp³-hybridized carbons (Fsp3) is 0.375. The van der Waals surface area contributed by atoms with E-state index in [1.807, 2.05) is 43.5 Å². The number of fused-ring (bicyclic) bond motifs is 3. The first-order valence-electron chi connectivity index (χ1n) is 13.6. The summed E-state index contributed by atoms with van der Waals surface area (Å²) in [5, 5.41) is 16.1. The quantitative estimate of drug-likeness (QED) is 0.366. The largest absolute Gasteiger partial charge is 0.388 e. The molecule has 6 heteroatoms. The number of rotatable bonds is 2. The first-order valence-corrected chi connectivity index (χ1v) is 13.6. The van der Waals surface area contributed by atoms with Gasteiger partial charge in [-0.2, -0.15) is 0 Å². The molecule has 38 heavy (non-hydrogen) atoms. The molecule has 3 aromatic rings. The molecule has 2 aliphatic heterocycles. The Balaban J connectivity index is 1.53. The Morgan fingerprint density at radius 3 is 2.74 bits per heavy atom. The van der Waals surface area contributed by atoms with Gasteiger partial charge in [-0.3, -0.25) is 9.59 Å². The third-order valence-electron chi connectivity index (χ3n) is 9.26. The van der Waals surface area contributed by atoms with E-state index in [1.54, 1.807) is 6.07 Å². The minimum absolute atomic E-state index is 0.0697. The number of benzene rings is 1. The van der Waals surface area contributed by atoms with Gasteiger partial charge in [-0.25, -0.2) is 0 Å². The summed E-state index contributed by atoms with van der Waals surface area (Å²) in [6.45, 7) is 10.3. The Kier molecular flexibility index (Phi) is 5.84. The molecule has 2 fully saturated rings. The Labute approximate surface area is 222 Å². The number of nitrogens with one attached hydrogen (secondary N) is 3. The van der Waals surface area contributed by atoms with Gasteiger partial charge in [0.15, 0.2) is 0 Å². The summed E-state index contributed by atoms with van der Waals surface area (Å²) in [6.07, 6.45) is 8.57. The Bertz CT molecular complexity index is 1510. The molecule has 7 atom stereocenters. The number of amides is 1. The second-order valence-corrected chi connectivity index (χ2v) is 11.5. The van der Waals surface area contributed by atoms with Crippen LogP contribution in [-0.4, -0.2) is 38.9 Å². The summed E-state index contributed by atoms with van der Waals surface area (Å²) >= 11 is 0. The highest BCUT2D eigenvalue weighted by Crippen LogP contribution is 2.56. The molecule has 1 spiro atoms. The van der Waals surface area contributed by atoms with Crippen molar-refractivity contribution in [1.82, 2.24) is 15.3 Å². The normalized spacial score (nSPS) is 35.5. The van der Waals surface area contributed by atoms with Crippen molar-refractivity contribution in [2.45, 2.75) is 51.2 Å². The van der Waals surface area contributed by atoms with Crippen LogP contribution in [0.4, 0.5) is 0 Å². The maximum atomic E-state index is 14.3. The smallest absolute Gasteiger partial charge is 0.233 e. The van der Waals surface area contributed by atoms with Crippen LogP contribution in [0.3, 0.4) is 0 Å². The second-order valence-electron chi connectivity index (χ2n) is 11.5. The molecular weight excluding hydrogens is 474 g/mol. The number of aliphatic hydroxyl groups is 1. The highest BCUT2D eigenvalue weighted by Gasteiger charge is 2.66. The zero-order valence-corrected chi connectivity index (χ0v) is 22.1. The van der Waals surface area contributed by atoms with Crippen LogP contribution in [0.25, 0.3) is 10.9 Å². The van der Waals surface area contributed by atoms with Gasteiger partial charge in [0.2, 0.25) is 11.7 Å². The molecule has 6 nitrogen and oxygen atoms in total. The van der Waals surface area contributed by atoms with Crippen molar-refractivity contribution in [1.29, 1.82) is 0 Å². The van der Waals surface area contributed by atoms with Gasteiger partial charge in [-0.1, -0.05) is 56.9 Å². The summed E-state index contributed by atoms with van der Waals surface area (Å²) in [5.41, 5.74) is 3.73. The number of Topliss-reactive ketones (excluding diaryl/α,β-unsaturated/α-hetero) is 1. The van der Waals surface area contributed by atoms with Gasteiger partial charge in [0.1, 0.15) is 5.41 Å². The molecule has 2 bridgehead atoms. The van der Waals surface area contributed by atoms with Gasteiger partial charge in [-0.15, -0.1) is 0 Å². The molecular formula is C32H35N3O3. The highest BCUT2D eigenvalue weighted by atomic mass is 16.3. The number of H-pyrrole nitrogens is 2. The summed E-state index contributed by atoms with van der Waals surface area (Å²) in [4.78, 5) is 34.3. The Hall–Kier alpha value is -3.64. The van der Waals surface area contributed by atoms with Gasteiger partial charge >= 0.3 is 0 Å². The molecule has 4 heterocycles. The van der Waals surface area contributed by atoms with Crippen LogP contribution >= 0.6 is 0 Å². The summed E-state index contributed by atoms with van der Waals surface area (Å²) in [6, 6.07) is 11.7. The first-order chi connectivity index (χ1) is 18.2. The van der Waals surface area contributed by atoms with Gasteiger partial charge < -0.3 is 20.4 Å². The van der Waals surface area contributed by atoms with E-state index in [4.69, 9.17) is 0 Å². The number of aromatic nitrogens is 2. The van der Waals surface area contributed by atoms with Crippen LogP contribution < -0.4 is 5.32 Å². The molecule has 0 unspecified atom stereocenters. The maximum Gasteiger partial charge on any atom is 0.233 e. The molecule has 2 aromatic heterocycles. The van der Waals surface area contributed by atoms with E-state index in [9.17, 15) is 14.7 Å². The van der Waals surface area contributed by atoms with E-state index in [0.717, 1.165) is 22.0 Å². The lowest BCUT2D eigenvalue weighted by atomic mass is 9.52. The molecule has 1 aromatic carbocycles. The molecule has 0 radical (unpaired) electrons. The monoisotopic (exact) mass is 509 g/mol. The lowest BCUT2D eigenvalue weighted by Gasteiger charge is -2.50. The molecule has 1 amide bonds. The van der Waals surface area contributed by atoms with Gasteiger partial charge in [0.05, 0.1) is 11.8 Å². The fourth-order valence-electron chi connectivity index (χ4n) is 7.39. The van der Waals surface area contributed by atoms with E-state index in [1.165, 1.54) is 0 Å². The number of aromatic amines is 2. The highest BCUT2D eigenvalue weighted by molar-refractivity contribution is 6.07. The van der Waals surface area contributed by atoms with Gasteiger partial charge in [0, 0.05) is 40.7 Å². The van der Waals surface area contributed by atoms with Crippen molar-refractivity contribution in [3.63, 3.8) is 0 Å². The van der Waals surface area contributed by atoms with Crippen molar-refractivity contribution in [2.24, 2.45) is 23.7 Å². The minimum atomic E-state index is -1.06. The number of hydrogen-bond acceptors (Lipinski definition) is 3. The number of aliphatic hydroxyl groups excluding tert-OH is 1. The van der Waals surface area contributed by atoms with E-state index in [0.29, 0.717) is 29.8 Å². The standard InChI is InChI=1S/C32H35N3O3/c1-17-8-7-10-23-30(37)20(4)19(3)28-26(15-21-16-33-24-11-6-5-9-22(21)24)35-31(38)32(23,28)27-13-12-25(34-27)29(36)18(2)14-17/h5-7,9-14,16-17,19,23,26,28,30,33-34,37H,4,8,15H2,1-3H3,(H,35,38)/b10-7+,18-14+/t17-,19+,23-,26-,28-,30+,32+/m0/s1. The third-order valence-corrected chi connectivity index (χ3v) is 9.26. The second kappa shape index (κ2) is 8.98. The van der Waals surface area contributed by atoms with Gasteiger partial charge in [-0.05, 0) is 66.5 Å². The minimum Gasteiger partial charge on any atom is -0.388 e. The number of carbonyl (C=O) groups is 2. The van der Waals surface area contributed by atoms with E-state index >= 15 is 0 Å². The van der Waals surface area contributed by atoms with Gasteiger partial charge in [0.25, 0.3) is 0 Å². The topological polar surface area (TPSA) is 98.0 Å². The first kappa shape index (κ1) is 24.7. The average Bonchev–Trinajstić information content (AvgIpc) is 3.61. The average molecular weight is 510 g/mol. The van der Waals surface area contributed by atoms with E-state index < -0.39 is 17.4 Å². The fourth-order valence-corrected chi connectivity index (χ4v) is 7.39. The lowest BCUT2D eigenvalue weighted by Crippen LogP contribution is -2.57. The Morgan fingerprint density at radius 2 is 1.92 bits per heavy atom. The molecule has 196 valence electrons. The number of allylic oxidation sites excluding steroid dienone is 3. The molecule has 1 aliphatic carbocycles. The summed E-state index contributed by atoms with van der Waals surface area (Å²) in [7, 11) is 0. The van der Waals surface area contributed by atoms with Crippen LogP contribution in [-0.2, 0) is 16.6 Å². The molecule has 1 saturated carbocycles. The van der Waals surface area contributed by atoms with Crippen molar-refractivity contribution in [3.05, 3.63) is 95.5 Å². The van der Waals surface area contributed by atoms with Crippen LogP contribution in [0, 0.1) is 23.7 Å². The maximum absolute atomic E-state index is 14.3. The van der Waals surface area contributed by atoms with Crippen LogP contribution in [0.15, 0.2) is 78.5 Å². The summed E-state index contributed by atoms with van der Waals surface area (Å²) in [5.74, 6) is -0.848. The molecule has 3 aliphatic rings. The van der Waals surface area contributed by atoms with E-state index in [2.05, 4.69) is 53.9 Å². The molecule has 1 saturated heterocycles. The number of ketones is 1. The summed E-state index contributed by atoms with van der Waals surface area (Å²) < 4.78 is 0. The zero-order chi connectivity index (χ0) is 26.8. The lowest BCUT2D eigenvalue weighted by molar-refractivity contribution is -0.129. The Morgan fingerprint density at radius 1 is 1.13 bits per heavy atom. The van der Waals surface area contributed by atoms with Crippen molar-refractivity contribution < 1.29 is 14.7 Å². The van der Waals surface area contributed by atoms with Crippen LogP contribution in [0.2, 0.25) is 0 Å². The number of para-hydroxylation sites is 1. The SMILES string of the molecule is C=C1[C@@H](C)[C@H]2[C@H](Cc3c[nH]c4ccccc34)NC(=O)[C@]23c2ccc([nH]2)C(=O)/C(C)=C/[C@@H](C)C/C=C/[C@H]3[C@@H]1O. The predicted molar refractivity (Wildman–Crippen MR) is 149 cm³/mol.